The van der Waals surface area contributed by atoms with E-state index in [1.165, 1.54) is 11.9 Å². The van der Waals surface area contributed by atoms with Crippen molar-refractivity contribution >= 4 is 17.3 Å². The summed E-state index contributed by atoms with van der Waals surface area (Å²) in [4.78, 5) is 17.2. The van der Waals surface area contributed by atoms with Crippen LogP contribution in [0.15, 0.2) is 72.9 Å². The predicted molar refractivity (Wildman–Crippen MR) is 120 cm³/mol. The summed E-state index contributed by atoms with van der Waals surface area (Å²) in [7, 11) is 4.25. The second-order valence-corrected chi connectivity index (χ2v) is 7.84. The van der Waals surface area contributed by atoms with Crippen LogP contribution in [0.25, 0.3) is 11.3 Å². The van der Waals surface area contributed by atoms with Gasteiger partial charge in [-0.05, 0) is 75.1 Å². The molecule has 1 amide bonds. The quantitative estimate of drug-likeness (QED) is 0.525. The number of anilines is 2. The molecule has 6 nitrogen and oxygen atoms in total. The molecular weight excluding hydrogens is 376 g/mol. The zero-order chi connectivity index (χ0) is 21.1. The molecule has 4 rings (SSSR count). The zero-order valence-corrected chi connectivity index (χ0v) is 17.3. The molecule has 3 aromatic rings. The Hall–Kier alpha value is -3.38. The maximum Gasteiger partial charge on any atom is 0.255 e. The Balaban J connectivity index is 1.40. The van der Waals surface area contributed by atoms with Crippen LogP contribution in [0.4, 0.5) is 11.4 Å². The van der Waals surface area contributed by atoms with Gasteiger partial charge in [-0.3, -0.25) is 4.79 Å². The highest BCUT2D eigenvalue weighted by Gasteiger charge is 2.24. The van der Waals surface area contributed by atoms with E-state index >= 15 is 0 Å². The fraction of sp³-hybridized carbons (Fsp3) is 0.250. The number of benzene rings is 2. The maximum atomic E-state index is 12.6. The summed E-state index contributed by atoms with van der Waals surface area (Å²) >= 11 is 0. The van der Waals surface area contributed by atoms with Crippen molar-refractivity contribution in [2.24, 2.45) is 0 Å². The van der Waals surface area contributed by atoms with Gasteiger partial charge in [-0.2, -0.15) is 4.73 Å². The number of carbonyl (C=O) groups is 1. The largest absolute Gasteiger partial charge is 0.618 e. The first kappa shape index (κ1) is 19.9. The van der Waals surface area contributed by atoms with Crippen molar-refractivity contribution in [3.8, 4) is 11.3 Å². The minimum absolute atomic E-state index is 0.175. The van der Waals surface area contributed by atoms with Crippen molar-refractivity contribution in [3.05, 3.63) is 83.7 Å². The van der Waals surface area contributed by atoms with Crippen molar-refractivity contribution in [1.29, 1.82) is 0 Å². The molecule has 2 heterocycles. The third kappa shape index (κ3) is 4.28. The Morgan fingerprint density at radius 1 is 1.07 bits per heavy atom. The van der Waals surface area contributed by atoms with Gasteiger partial charge in [0, 0.05) is 53.8 Å². The summed E-state index contributed by atoms with van der Waals surface area (Å²) in [6, 6.07) is 20.9. The normalized spacial score (nSPS) is 16.1. The van der Waals surface area contributed by atoms with Crippen LogP contribution >= 0.6 is 0 Å². The standard InChI is InChI=1S/C24H26N4O2/c1-26(2)22-14-16-27(17-22)21-12-10-20(11-13-21)25-24(29)19-8-6-18(7-9-19)23-5-3-4-15-28(23)30/h3-13,15,22H,14,16-17H2,1-2H3,(H,25,29). The van der Waals surface area contributed by atoms with Gasteiger partial charge in [-0.1, -0.05) is 0 Å². The van der Waals surface area contributed by atoms with Crippen LogP contribution in [0.1, 0.15) is 16.8 Å². The lowest BCUT2D eigenvalue weighted by atomic mass is 10.1. The van der Waals surface area contributed by atoms with Gasteiger partial charge in [-0.25, -0.2) is 0 Å². The minimum Gasteiger partial charge on any atom is -0.618 e. The summed E-state index contributed by atoms with van der Waals surface area (Å²) in [5.41, 5.74) is 3.81. The molecule has 0 aliphatic carbocycles. The number of amides is 1. The molecule has 1 aromatic heterocycles. The lowest BCUT2D eigenvalue weighted by molar-refractivity contribution is -0.593. The number of hydrogen-bond donors (Lipinski definition) is 1. The number of aromatic nitrogens is 1. The van der Waals surface area contributed by atoms with Gasteiger partial charge in [0.15, 0.2) is 6.20 Å². The van der Waals surface area contributed by atoms with Crippen LogP contribution in [0, 0.1) is 5.21 Å². The van der Waals surface area contributed by atoms with Crippen LogP contribution in [-0.4, -0.2) is 44.0 Å². The Kier molecular flexibility index (Phi) is 5.68. The Bertz CT molecular complexity index is 1020. The van der Waals surface area contributed by atoms with Crippen LogP contribution < -0.4 is 14.9 Å². The van der Waals surface area contributed by atoms with E-state index in [2.05, 4.69) is 41.3 Å². The van der Waals surface area contributed by atoms with Gasteiger partial charge >= 0.3 is 0 Å². The van der Waals surface area contributed by atoms with E-state index in [0.29, 0.717) is 17.3 Å². The van der Waals surface area contributed by atoms with Crippen LogP contribution in [0.5, 0.6) is 0 Å². The van der Waals surface area contributed by atoms with Crippen molar-refractivity contribution in [3.63, 3.8) is 0 Å². The molecule has 1 aliphatic heterocycles. The zero-order valence-electron chi connectivity index (χ0n) is 17.3. The first-order chi connectivity index (χ1) is 14.5. The van der Waals surface area contributed by atoms with Crippen LogP contribution in [-0.2, 0) is 0 Å². The number of likely N-dealkylation sites (N-methyl/N-ethyl adjacent to an activating group) is 1. The summed E-state index contributed by atoms with van der Waals surface area (Å²) in [5, 5.41) is 14.8. The highest BCUT2D eigenvalue weighted by Crippen LogP contribution is 2.24. The third-order valence-corrected chi connectivity index (χ3v) is 5.65. The number of rotatable bonds is 5. The van der Waals surface area contributed by atoms with Gasteiger partial charge in [0.05, 0.1) is 0 Å². The topological polar surface area (TPSA) is 62.5 Å². The van der Waals surface area contributed by atoms with E-state index in [1.807, 2.05) is 18.2 Å². The Labute approximate surface area is 177 Å². The number of nitrogens with one attached hydrogen (secondary N) is 1. The van der Waals surface area contributed by atoms with Gasteiger partial charge in [0.25, 0.3) is 5.91 Å². The van der Waals surface area contributed by atoms with Gasteiger partial charge in [-0.15, -0.1) is 0 Å². The van der Waals surface area contributed by atoms with Crippen molar-refractivity contribution in [2.45, 2.75) is 12.5 Å². The fourth-order valence-electron chi connectivity index (χ4n) is 3.80. The van der Waals surface area contributed by atoms with Crippen LogP contribution in [0.3, 0.4) is 0 Å². The molecule has 1 fully saturated rings. The van der Waals surface area contributed by atoms with E-state index in [4.69, 9.17) is 0 Å². The van der Waals surface area contributed by atoms with Gasteiger partial charge in [0.1, 0.15) is 0 Å². The Morgan fingerprint density at radius 3 is 2.43 bits per heavy atom. The van der Waals surface area contributed by atoms with Crippen molar-refractivity contribution < 1.29 is 9.52 Å². The molecule has 30 heavy (non-hydrogen) atoms. The summed E-state index contributed by atoms with van der Waals surface area (Å²) in [6.45, 7) is 2.07. The molecule has 6 heteroatoms. The fourth-order valence-corrected chi connectivity index (χ4v) is 3.80. The number of carbonyl (C=O) groups excluding carboxylic acids is 1. The predicted octanol–water partition coefficient (Wildman–Crippen LogP) is 3.38. The molecule has 1 unspecified atom stereocenters. The first-order valence-electron chi connectivity index (χ1n) is 10.1. The molecule has 0 spiro atoms. The van der Waals surface area contributed by atoms with Gasteiger partial charge in [0.2, 0.25) is 5.69 Å². The summed E-state index contributed by atoms with van der Waals surface area (Å²) in [6.07, 6.45) is 2.62. The van der Waals surface area contributed by atoms with E-state index in [9.17, 15) is 10.0 Å². The van der Waals surface area contributed by atoms with Crippen LogP contribution in [0.2, 0.25) is 0 Å². The van der Waals surface area contributed by atoms with Crippen molar-refractivity contribution in [2.75, 3.05) is 37.4 Å². The van der Waals surface area contributed by atoms with E-state index < -0.39 is 0 Å². The molecule has 0 radical (unpaired) electrons. The minimum atomic E-state index is -0.175. The molecule has 0 saturated carbocycles. The smallest absolute Gasteiger partial charge is 0.255 e. The van der Waals surface area contributed by atoms with E-state index in [-0.39, 0.29) is 5.91 Å². The molecule has 154 valence electrons. The average molecular weight is 402 g/mol. The first-order valence-corrected chi connectivity index (χ1v) is 10.1. The molecule has 1 N–H and O–H groups in total. The molecule has 1 saturated heterocycles. The monoisotopic (exact) mass is 402 g/mol. The highest BCUT2D eigenvalue weighted by atomic mass is 16.5. The molecule has 1 atom stereocenters. The third-order valence-electron chi connectivity index (χ3n) is 5.65. The second-order valence-electron chi connectivity index (χ2n) is 7.84. The number of hydrogen-bond acceptors (Lipinski definition) is 4. The highest BCUT2D eigenvalue weighted by molar-refractivity contribution is 6.04. The lowest BCUT2D eigenvalue weighted by Gasteiger charge is -2.22. The summed E-state index contributed by atoms with van der Waals surface area (Å²) < 4.78 is 0.817. The summed E-state index contributed by atoms with van der Waals surface area (Å²) in [5.74, 6) is -0.175. The molecule has 1 aliphatic rings. The average Bonchev–Trinajstić information content (AvgIpc) is 3.25. The van der Waals surface area contributed by atoms with Gasteiger partial charge < -0.3 is 20.3 Å². The van der Waals surface area contributed by atoms with E-state index in [0.717, 1.165) is 35.5 Å². The maximum absolute atomic E-state index is 12.6. The Morgan fingerprint density at radius 2 is 1.80 bits per heavy atom. The second kappa shape index (κ2) is 8.55. The van der Waals surface area contributed by atoms with E-state index in [1.54, 1.807) is 36.4 Å². The molecule has 0 bridgehead atoms. The number of pyridine rings is 1. The SMILES string of the molecule is CN(C)C1CCN(c2ccc(NC(=O)c3ccc(-c4cccc[n+]4[O-])cc3)cc2)C1. The molecule has 2 aromatic carbocycles. The number of nitrogens with zero attached hydrogens (tertiary/aromatic N) is 3. The lowest BCUT2D eigenvalue weighted by Crippen LogP contribution is -2.31. The van der Waals surface area contributed by atoms with Crippen molar-refractivity contribution in [1.82, 2.24) is 4.90 Å². The molecular formula is C24H26N4O2.